The maximum absolute atomic E-state index is 5.98. The highest BCUT2D eigenvalue weighted by molar-refractivity contribution is 5.60. The molecule has 3 heteroatoms. The first-order valence-corrected chi connectivity index (χ1v) is 11.1. The zero-order valence-electron chi connectivity index (χ0n) is 17.3. The number of hydrogen-bond donors (Lipinski definition) is 2. The Hall–Kier alpha value is -2.16. The lowest BCUT2D eigenvalue weighted by atomic mass is 9.77. The summed E-state index contributed by atoms with van der Waals surface area (Å²) in [4.78, 5) is 0. The Balaban J connectivity index is 1.46. The number of rotatable bonds is 9. The molecule has 0 aliphatic heterocycles. The molecule has 0 unspecified atom stereocenters. The third-order valence-corrected chi connectivity index (χ3v) is 6.18. The second kappa shape index (κ2) is 10.4. The van der Waals surface area contributed by atoms with Crippen LogP contribution in [0, 0.1) is 5.92 Å². The van der Waals surface area contributed by atoms with Gasteiger partial charge in [0.1, 0.15) is 5.75 Å². The zero-order chi connectivity index (χ0) is 19.8. The Morgan fingerprint density at radius 3 is 2.29 bits per heavy atom. The van der Waals surface area contributed by atoms with E-state index in [1.165, 1.54) is 69.8 Å². The van der Waals surface area contributed by atoms with Crippen molar-refractivity contribution >= 4 is 11.4 Å². The number of benzene rings is 2. The summed E-state index contributed by atoms with van der Waals surface area (Å²) in [6.07, 6.45) is 13.9. The van der Waals surface area contributed by atoms with Gasteiger partial charge in [0.15, 0.2) is 5.75 Å². The third-order valence-electron chi connectivity index (χ3n) is 6.18. The second-order valence-electron chi connectivity index (χ2n) is 8.39. The van der Waals surface area contributed by atoms with Crippen LogP contribution in [0.3, 0.4) is 0 Å². The number of ether oxygens (including phenoxy) is 1. The molecule has 0 spiro atoms. The quantitative estimate of drug-likeness (QED) is 0.355. The van der Waals surface area contributed by atoms with Gasteiger partial charge >= 0.3 is 0 Å². The lowest BCUT2D eigenvalue weighted by Gasteiger charge is -2.29. The SMILES string of the molecule is CCCCCCCC1CCC(c2ccc(Oc3cc(N)ccc3N)cc2)CC1. The van der Waals surface area contributed by atoms with Crippen molar-refractivity contribution in [3.05, 3.63) is 48.0 Å². The van der Waals surface area contributed by atoms with E-state index in [2.05, 4.69) is 31.2 Å². The van der Waals surface area contributed by atoms with E-state index < -0.39 is 0 Å². The predicted molar refractivity (Wildman–Crippen MR) is 120 cm³/mol. The number of anilines is 2. The average Bonchev–Trinajstić information content (AvgIpc) is 2.72. The van der Waals surface area contributed by atoms with Crippen molar-refractivity contribution in [2.24, 2.45) is 5.92 Å². The number of nitrogens with two attached hydrogens (primary N) is 2. The maximum atomic E-state index is 5.98. The molecule has 2 aromatic carbocycles. The molecule has 0 atom stereocenters. The molecule has 0 bridgehead atoms. The highest BCUT2D eigenvalue weighted by atomic mass is 16.5. The minimum atomic E-state index is 0.603. The average molecular weight is 381 g/mol. The summed E-state index contributed by atoms with van der Waals surface area (Å²) in [6.45, 7) is 2.28. The number of unbranched alkanes of at least 4 members (excludes halogenated alkanes) is 4. The summed E-state index contributed by atoms with van der Waals surface area (Å²) in [6, 6.07) is 13.9. The molecule has 0 amide bonds. The molecule has 1 saturated carbocycles. The lowest BCUT2D eigenvalue weighted by molar-refractivity contribution is 0.302. The van der Waals surface area contributed by atoms with Gasteiger partial charge in [-0.25, -0.2) is 0 Å². The van der Waals surface area contributed by atoms with Crippen LogP contribution in [0.5, 0.6) is 11.5 Å². The molecular formula is C25H36N2O. The first-order valence-electron chi connectivity index (χ1n) is 11.1. The van der Waals surface area contributed by atoms with Gasteiger partial charge < -0.3 is 16.2 Å². The first-order chi connectivity index (χ1) is 13.7. The van der Waals surface area contributed by atoms with E-state index in [0.29, 0.717) is 23.0 Å². The highest BCUT2D eigenvalue weighted by Crippen LogP contribution is 2.38. The van der Waals surface area contributed by atoms with Crippen LogP contribution in [0.25, 0.3) is 0 Å². The van der Waals surface area contributed by atoms with E-state index in [1.54, 1.807) is 18.2 Å². The largest absolute Gasteiger partial charge is 0.455 e. The molecule has 1 aliphatic rings. The molecule has 28 heavy (non-hydrogen) atoms. The molecule has 2 aromatic rings. The Morgan fingerprint density at radius 1 is 0.857 bits per heavy atom. The van der Waals surface area contributed by atoms with Gasteiger partial charge in [0.25, 0.3) is 0 Å². The Bertz CT molecular complexity index is 718. The summed E-state index contributed by atoms with van der Waals surface area (Å²) in [5.41, 5.74) is 14.5. The fourth-order valence-corrected chi connectivity index (χ4v) is 4.40. The summed E-state index contributed by atoms with van der Waals surface area (Å²) < 4.78 is 5.92. The molecule has 0 saturated heterocycles. The summed E-state index contributed by atoms with van der Waals surface area (Å²) in [7, 11) is 0. The van der Waals surface area contributed by atoms with E-state index >= 15 is 0 Å². The van der Waals surface area contributed by atoms with Crippen molar-refractivity contribution in [2.45, 2.75) is 77.0 Å². The van der Waals surface area contributed by atoms with Crippen LogP contribution in [-0.4, -0.2) is 0 Å². The van der Waals surface area contributed by atoms with Gasteiger partial charge in [0.2, 0.25) is 0 Å². The monoisotopic (exact) mass is 380 g/mol. The molecule has 152 valence electrons. The molecule has 1 fully saturated rings. The minimum Gasteiger partial charge on any atom is -0.455 e. The van der Waals surface area contributed by atoms with E-state index in [4.69, 9.17) is 16.2 Å². The minimum absolute atomic E-state index is 0.603. The van der Waals surface area contributed by atoms with Crippen molar-refractivity contribution < 1.29 is 4.74 Å². The summed E-state index contributed by atoms with van der Waals surface area (Å²) in [5.74, 6) is 3.07. The molecule has 3 rings (SSSR count). The number of hydrogen-bond acceptors (Lipinski definition) is 3. The van der Waals surface area contributed by atoms with E-state index in [9.17, 15) is 0 Å². The number of nitrogen functional groups attached to an aromatic ring is 2. The van der Waals surface area contributed by atoms with E-state index in [0.717, 1.165) is 11.7 Å². The van der Waals surface area contributed by atoms with Crippen LogP contribution in [0.2, 0.25) is 0 Å². The molecule has 1 aliphatic carbocycles. The van der Waals surface area contributed by atoms with Gasteiger partial charge in [0, 0.05) is 11.8 Å². The Labute approximate surface area is 170 Å². The predicted octanol–water partition coefficient (Wildman–Crippen LogP) is 7.28. The van der Waals surface area contributed by atoms with Crippen LogP contribution < -0.4 is 16.2 Å². The van der Waals surface area contributed by atoms with E-state index in [-0.39, 0.29) is 0 Å². The summed E-state index contributed by atoms with van der Waals surface area (Å²) in [5, 5.41) is 0. The van der Waals surface area contributed by atoms with Crippen LogP contribution in [0.4, 0.5) is 11.4 Å². The standard InChI is InChI=1S/C25H36N2O/c1-2-3-4-5-6-7-19-8-10-20(11-9-19)21-12-15-23(16-13-21)28-25-18-22(26)14-17-24(25)27/h12-20H,2-11,26-27H2,1H3. The fraction of sp³-hybridized carbons (Fsp3) is 0.520. The molecule has 4 N–H and O–H groups in total. The van der Waals surface area contributed by atoms with Gasteiger partial charge in [0.05, 0.1) is 5.69 Å². The zero-order valence-corrected chi connectivity index (χ0v) is 17.3. The van der Waals surface area contributed by atoms with Gasteiger partial charge in [-0.05, 0) is 67.3 Å². The van der Waals surface area contributed by atoms with Crippen molar-refractivity contribution in [1.29, 1.82) is 0 Å². The smallest absolute Gasteiger partial charge is 0.152 e. The van der Waals surface area contributed by atoms with Gasteiger partial charge in [-0.3, -0.25) is 0 Å². The van der Waals surface area contributed by atoms with Crippen molar-refractivity contribution in [3.8, 4) is 11.5 Å². The van der Waals surface area contributed by atoms with Crippen LogP contribution in [0.15, 0.2) is 42.5 Å². The lowest BCUT2D eigenvalue weighted by Crippen LogP contribution is -2.13. The van der Waals surface area contributed by atoms with E-state index in [1.807, 2.05) is 0 Å². The maximum Gasteiger partial charge on any atom is 0.152 e. The fourth-order valence-electron chi connectivity index (χ4n) is 4.40. The van der Waals surface area contributed by atoms with Crippen molar-refractivity contribution in [3.63, 3.8) is 0 Å². The van der Waals surface area contributed by atoms with Crippen molar-refractivity contribution in [2.75, 3.05) is 11.5 Å². The summed E-state index contributed by atoms with van der Waals surface area (Å²) >= 11 is 0. The molecule has 0 aromatic heterocycles. The molecular weight excluding hydrogens is 344 g/mol. The van der Waals surface area contributed by atoms with Gasteiger partial charge in [-0.15, -0.1) is 0 Å². The van der Waals surface area contributed by atoms with Crippen LogP contribution in [0.1, 0.15) is 82.6 Å². The molecule has 0 radical (unpaired) electrons. The first kappa shape index (κ1) is 20.6. The van der Waals surface area contributed by atoms with Crippen LogP contribution in [-0.2, 0) is 0 Å². The Morgan fingerprint density at radius 2 is 1.57 bits per heavy atom. The highest BCUT2D eigenvalue weighted by Gasteiger charge is 2.22. The Kier molecular flexibility index (Phi) is 7.64. The normalized spacial score (nSPS) is 19.5. The third kappa shape index (κ3) is 5.92. The van der Waals surface area contributed by atoms with Crippen LogP contribution >= 0.6 is 0 Å². The van der Waals surface area contributed by atoms with Crippen molar-refractivity contribution in [1.82, 2.24) is 0 Å². The molecule has 3 nitrogen and oxygen atoms in total. The molecule has 0 heterocycles. The van der Waals surface area contributed by atoms with Gasteiger partial charge in [-0.1, -0.05) is 57.6 Å². The van der Waals surface area contributed by atoms with Gasteiger partial charge in [-0.2, -0.15) is 0 Å². The second-order valence-corrected chi connectivity index (χ2v) is 8.39. The topological polar surface area (TPSA) is 61.3 Å².